The van der Waals surface area contributed by atoms with Crippen molar-refractivity contribution in [1.29, 1.82) is 0 Å². The topological polar surface area (TPSA) is 60.0 Å². The van der Waals surface area contributed by atoms with Crippen LogP contribution < -0.4 is 19.5 Å². The number of aromatic hydroxyl groups is 1. The Morgan fingerprint density at radius 2 is 2.04 bits per heavy atom. The average Bonchev–Trinajstić information content (AvgIpc) is 3.02. The lowest BCUT2D eigenvalue weighted by atomic mass is 10.1. The molecule has 6 heteroatoms. The van der Waals surface area contributed by atoms with Gasteiger partial charge in [0.25, 0.3) is 0 Å². The summed E-state index contributed by atoms with van der Waals surface area (Å²) in [6, 6.07) is 10.8. The Hall–Kier alpha value is -2.47. The highest BCUT2D eigenvalue weighted by Crippen LogP contribution is 2.32. The second-order valence-electron chi connectivity index (χ2n) is 4.99. The lowest BCUT2D eigenvalue weighted by Crippen LogP contribution is -2.21. The van der Waals surface area contributed by atoms with Crippen LogP contribution in [0.1, 0.15) is 18.1 Å². The smallest absolute Gasteiger partial charge is 0.231 e. The van der Waals surface area contributed by atoms with Crippen molar-refractivity contribution in [2.75, 3.05) is 13.4 Å². The third kappa shape index (κ3) is 3.48. The van der Waals surface area contributed by atoms with Crippen LogP contribution in [0, 0.1) is 0 Å². The number of benzene rings is 2. The van der Waals surface area contributed by atoms with E-state index >= 15 is 0 Å². The monoisotopic (exact) mass is 331 g/mol. The average molecular weight is 331 g/mol. The molecule has 2 aromatic rings. The lowest BCUT2D eigenvalue weighted by molar-refractivity contribution is 0.174. The molecule has 0 unspecified atom stereocenters. The second kappa shape index (κ2) is 6.75. The fraction of sp³-hybridized carbons (Fsp3) is 0.235. The van der Waals surface area contributed by atoms with Crippen LogP contribution >= 0.6 is 12.2 Å². The van der Waals surface area contributed by atoms with Crippen LogP contribution in [0.3, 0.4) is 0 Å². The molecule has 23 heavy (non-hydrogen) atoms. The molecule has 0 radical (unpaired) electrons. The fourth-order valence-corrected chi connectivity index (χ4v) is 2.46. The van der Waals surface area contributed by atoms with E-state index in [9.17, 15) is 5.11 Å². The van der Waals surface area contributed by atoms with Gasteiger partial charge in [0.05, 0.1) is 6.61 Å². The van der Waals surface area contributed by atoms with Crippen molar-refractivity contribution < 1.29 is 19.3 Å². The molecule has 0 aromatic heterocycles. The summed E-state index contributed by atoms with van der Waals surface area (Å²) >= 11 is 5.40. The van der Waals surface area contributed by atoms with Gasteiger partial charge in [-0.2, -0.15) is 0 Å². The van der Waals surface area contributed by atoms with E-state index in [0.29, 0.717) is 23.9 Å². The van der Waals surface area contributed by atoms with Crippen LogP contribution in [-0.2, 0) is 6.54 Å². The van der Waals surface area contributed by atoms with Gasteiger partial charge >= 0.3 is 0 Å². The number of phenols is 1. The minimum absolute atomic E-state index is 0.106. The predicted octanol–water partition coefficient (Wildman–Crippen LogP) is 2.98. The molecule has 0 amide bonds. The van der Waals surface area contributed by atoms with Gasteiger partial charge in [0.15, 0.2) is 23.0 Å². The maximum atomic E-state index is 9.73. The fourth-order valence-electron chi connectivity index (χ4n) is 2.26. The van der Waals surface area contributed by atoms with Crippen molar-refractivity contribution in [3.63, 3.8) is 0 Å². The molecule has 1 heterocycles. The third-order valence-corrected chi connectivity index (χ3v) is 3.79. The predicted molar refractivity (Wildman–Crippen MR) is 90.4 cm³/mol. The van der Waals surface area contributed by atoms with E-state index in [1.807, 2.05) is 25.1 Å². The summed E-state index contributed by atoms with van der Waals surface area (Å²) in [6.45, 7) is 3.18. The Morgan fingerprint density at radius 3 is 2.87 bits per heavy atom. The SMILES string of the molecule is CCOc1cc(C(=S)NCc2ccc3c(c2)OCO3)ccc1O. The number of hydrogen-bond donors (Lipinski definition) is 2. The summed E-state index contributed by atoms with van der Waals surface area (Å²) in [6.07, 6.45) is 0. The molecular weight excluding hydrogens is 314 g/mol. The number of rotatable bonds is 5. The van der Waals surface area contributed by atoms with E-state index in [1.165, 1.54) is 0 Å². The van der Waals surface area contributed by atoms with Crippen molar-refractivity contribution in [3.8, 4) is 23.0 Å². The molecule has 0 saturated heterocycles. The van der Waals surface area contributed by atoms with Gasteiger partial charge in [-0.3, -0.25) is 0 Å². The summed E-state index contributed by atoms with van der Waals surface area (Å²) in [7, 11) is 0. The van der Waals surface area contributed by atoms with Crippen LogP contribution in [0.2, 0.25) is 0 Å². The van der Waals surface area contributed by atoms with Gasteiger partial charge in [0, 0.05) is 12.1 Å². The van der Waals surface area contributed by atoms with E-state index in [0.717, 1.165) is 22.6 Å². The standard InChI is InChI=1S/C17H17NO4S/c1-2-20-15-8-12(4-5-13(15)19)17(23)18-9-11-3-6-14-16(7-11)22-10-21-14/h3-8,19H,2,9-10H2,1H3,(H,18,23). The summed E-state index contributed by atoms with van der Waals surface area (Å²) in [5, 5.41) is 12.9. The van der Waals surface area contributed by atoms with Gasteiger partial charge < -0.3 is 24.6 Å². The van der Waals surface area contributed by atoms with E-state index in [4.69, 9.17) is 26.4 Å². The summed E-state index contributed by atoms with van der Waals surface area (Å²) < 4.78 is 16.0. The highest BCUT2D eigenvalue weighted by Gasteiger charge is 2.13. The minimum Gasteiger partial charge on any atom is -0.504 e. The molecule has 120 valence electrons. The molecular formula is C17H17NO4S. The van der Waals surface area contributed by atoms with E-state index in [2.05, 4.69) is 5.32 Å². The normalized spacial score (nSPS) is 12.0. The van der Waals surface area contributed by atoms with Crippen molar-refractivity contribution in [3.05, 3.63) is 47.5 Å². The Morgan fingerprint density at radius 1 is 1.22 bits per heavy atom. The molecule has 1 aliphatic heterocycles. The first kappa shape index (κ1) is 15.4. The van der Waals surface area contributed by atoms with Gasteiger partial charge in [-0.15, -0.1) is 0 Å². The van der Waals surface area contributed by atoms with Crippen molar-refractivity contribution in [2.45, 2.75) is 13.5 Å². The first-order valence-electron chi connectivity index (χ1n) is 7.30. The Labute approximate surface area is 139 Å². The first-order chi connectivity index (χ1) is 11.2. The van der Waals surface area contributed by atoms with Crippen LogP contribution in [0.25, 0.3) is 0 Å². The van der Waals surface area contributed by atoms with Gasteiger partial charge in [0.1, 0.15) is 4.99 Å². The lowest BCUT2D eigenvalue weighted by Gasteiger charge is -2.11. The van der Waals surface area contributed by atoms with Crippen LogP contribution in [0.5, 0.6) is 23.0 Å². The number of nitrogens with one attached hydrogen (secondary N) is 1. The van der Waals surface area contributed by atoms with Crippen LogP contribution in [0.15, 0.2) is 36.4 Å². The molecule has 1 aliphatic rings. The molecule has 2 aromatic carbocycles. The highest BCUT2D eigenvalue weighted by atomic mass is 32.1. The second-order valence-corrected chi connectivity index (χ2v) is 5.39. The molecule has 2 N–H and O–H groups in total. The zero-order chi connectivity index (χ0) is 16.2. The van der Waals surface area contributed by atoms with Crippen molar-refractivity contribution in [2.24, 2.45) is 0 Å². The molecule has 0 aliphatic carbocycles. The number of ether oxygens (including phenoxy) is 3. The van der Waals surface area contributed by atoms with Gasteiger partial charge in [0.2, 0.25) is 6.79 Å². The molecule has 5 nitrogen and oxygen atoms in total. The molecule has 0 bridgehead atoms. The first-order valence-corrected chi connectivity index (χ1v) is 7.70. The zero-order valence-electron chi connectivity index (χ0n) is 12.7. The Bertz CT molecular complexity index is 733. The van der Waals surface area contributed by atoms with Gasteiger partial charge in [-0.05, 0) is 42.8 Å². The zero-order valence-corrected chi connectivity index (χ0v) is 13.5. The Balaban J connectivity index is 1.66. The number of thiocarbonyl (C=S) groups is 1. The number of hydrogen-bond acceptors (Lipinski definition) is 5. The van der Waals surface area contributed by atoms with Crippen molar-refractivity contribution in [1.82, 2.24) is 5.32 Å². The maximum absolute atomic E-state index is 9.73. The van der Waals surface area contributed by atoms with E-state index < -0.39 is 0 Å². The molecule has 0 atom stereocenters. The van der Waals surface area contributed by atoms with Gasteiger partial charge in [-0.25, -0.2) is 0 Å². The third-order valence-electron chi connectivity index (χ3n) is 3.41. The van der Waals surface area contributed by atoms with Crippen molar-refractivity contribution >= 4 is 17.2 Å². The van der Waals surface area contributed by atoms with Gasteiger partial charge in [-0.1, -0.05) is 18.3 Å². The minimum atomic E-state index is 0.106. The molecule has 0 fully saturated rings. The number of phenolic OH excluding ortho intramolecular Hbond substituents is 1. The quantitative estimate of drug-likeness (QED) is 0.822. The number of fused-ring (bicyclic) bond motifs is 1. The van der Waals surface area contributed by atoms with Crippen LogP contribution in [-0.4, -0.2) is 23.5 Å². The van der Waals surface area contributed by atoms with Crippen LogP contribution in [0.4, 0.5) is 0 Å². The summed E-state index contributed by atoms with van der Waals surface area (Å²) in [5.41, 5.74) is 1.84. The maximum Gasteiger partial charge on any atom is 0.231 e. The molecule has 3 rings (SSSR count). The Kier molecular flexibility index (Phi) is 4.52. The summed E-state index contributed by atoms with van der Waals surface area (Å²) in [4.78, 5) is 0.587. The van der Waals surface area contributed by atoms with E-state index in [1.54, 1.807) is 18.2 Å². The molecule has 0 spiro atoms. The van der Waals surface area contributed by atoms with E-state index in [-0.39, 0.29) is 12.5 Å². The highest BCUT2D eigenvalue weighted by molar-refractivity contribution is 7.80. The summed E-state index contributed by atoms with van der Waals surface area (Å²) in [5.74, 6) is 2.04. The largest absolute Gasteiger partial charge is 0.504 e. The molecule has 0 saturated carbocycles.